The van der Waals surface area contributed by atoms with E-state index in [1.165, 1.54) is 30.7 Å². The van der Waals surface area contributed by atoms with Gasteiger partial charge >= 0.3 is 0 Å². The van der Waals surface area contributed by atoms with Crippen molar-refractivity contribution in [2.75, 3.05) is 25.1 Å². The van der Waals surface area contributed by atoms with E-state index in [0.29, 0.717) is 25.2 Å². The Morgan fingerprint density at radius 2 is 1.91 bits per heavy atom. The second kappa shape index (κ2) is 7.18. The van der Waals surface area contributed by atoms with E-state index in [1.54, 1.807) is 0 Å². The Labute approximate surface area is 134 Å². The Hall–Kier alpha value is -1.80. The lowest BCUT2D eigenvalue weighted by molar-refractivity contribution is 0.297. The minimum absolute atomic E-state index is 0.0298. The third-order valence-electron chi connectivity index (χ3n) is 3.55. The summed E-state index contributed by atoms with van der Waals surface area (Å²) < 4.78 is 50.4. The molecule has 126 valence electrons. The molecule has 0 spiro atoms. The van der Waals surface area contributed by atoms with Crippen molar-refractivity contribution in [2.45, 2.75) is 13.5 Å². The Morgan fingerprint density at radius 3 is 2.48 bits per heavy atom. The molecule has 0 radical (unpaired) electrons. The van der Waals surface area contributed by atoms with E-state index in [9.17, 15) is 17.2 Å². The minimum Gasteiger partial charge on any atom is -0.298 e. The van der Waals surface area contributed by atoms with Crippen molar-refractivity contribution in [1.82, 2.24) is 15.1 Å². The van der Waals surface area contributed by atoms with Crippen LogP contribution in [0.5, 0.6) is 0 Å². The lowest BCUT2D eigenvalue weighted by Gasteiger charge is -2.20. The van der Waals surface area contributed by atoms with Crippen LogP contribution in [0.25, 0.3) is 11.3 Å². The molecule has 0 aliphatic heterocycles. The summed E-state index contributed by atoms with van der Waals surface area (Å²) in [5.41, 5.74) is 0.738. The van der Waals surface area contributed by atoms with Gasteiger partial charge in [0.25, 0.3) is 0 Å². The predicted molar refractivity (Wildman–Crippen MR) is 84.6 cm³/mol. The van der Waals surface area contributed by atoms with Crippen LogP contribution in [0.1, 0.15) is 12.5 Å². The number of benzene rings is 1. The number of aromatic amines is 1. The van der Waals surface area contributed by atoms with Crippen molar-refractivity contribution < 1.29 is 17.2 Å². The molecule has 0 saturated carbocycles. The van der Waals surface area contributed by atoms with Crippen LogP contribution in [0.4, 0.5) is 8.78 Å². The number of nitrogens with one attached hydrogen (secondary N) is 1. The molecule has 0 saturated heterocycles. The lowest BCUT2D eigenvalue weighted by Crippen LogP contribution is -2.28. The molecule has 0 atom stereocenters. The molecule has 8 heteroatoms. The highest BCUT2D eigenvalue weighted by Gasteiger charge is 2.18. The lowest BCUT2D eigenvalue weighted by atomic mass is 10.1. The SMILES string of the molecule is CCN(CCS(C)(=O)=O)Cc1cn[nH]c1-c1c(F)cccc1F. The van der Waals surface area contributed by atoms with Crippen molar-refractivity contribution in [3.05, 3.63) is 41.6 Å². The highest BCUT2D eigenvalue weighted by atomic mass is 32.2. The van der Waals surface area contributed by atoms with Crippen molar-refractivity contribution in [3.8, 4) is 11.3 Å². The van der Waals surface area contributed by atoms with E-state index >= 15 is 0 Å². The quantitative estimate of drug-likeness (QED) is 0.837. The zero-order valence-electron chi connectivity index (χ0n) is 13.0. The molecule has 2 rings (SSSR count). The van der Waals surface area contributed by atoms with Crippen molar-refractivity contribution in [1.29, 1.82) is 0 Å². The molecule has 1 aromatic carbocycles. The fraction of sp³-hybridized carbons (Fsp3) is 0.400. The van der Waals surface area contributed by atoms with E-state index in [-0.39, 0.29) is 17.0 Å². The van der Waals surface area contributed by atoms with Crippen LogP contribution in [0, 0.1) is 11.6 Å². The summed E-state index contributed by atoms with van der Waals surface area (Å²) in [6.45, 7) is 3.21. The second-order valence-corrected chi connectivity index (χ2v) is 7.63. The average molecular weight is 343 g/mol. The van der Waals surface area contributed by atoms with E-state index < -0.39 is 21.5 Å². The van der Waals surface area contributed by atoms with Crippen LogP contribution in [0.3, 0.4) is 0 Å². The maximum Gasteiger partial charge on any atom is 0.148 e. The van der Waals surface area contributed by atoms with Gasteiger partial charge in [0, 0.05) is 24.9 Å². The summed E-state index contributed by atoms with van der Waals surface area (Å²) in [5.74, 6) is -1.31. The molecule has 5 nitrogen and oxygen atoms in total. The Morgan fingerprint density at radius 1 is 1.26 bits per heavy atom. The third kappa shape index (κ3) is 4.59. The van der Waals surface area contributed by atoms with Gasteiger partial charge in [0.05, 0.1) is 23.2 Å². The third-order valence-corrected chi connectivity index (χ3v) is 4.47. The highest BCUT2D eigenvalue weighted by molar-refractivity contribution is 7.90. The first-order valence-corrected chi connectivity index (χ1v) is 9.24. The number of H-pyrrole nitrogens is 1. The molecule has 0 bridgehead atoms. The first-order chi connectivity index (χ1) is 10.8. The number of hydrogen-bond donors (Lipinski definition) is 1. The van der Waals surface area contributed by atoms with Gasteiger partial charge in [-0.05, 0) is 18.7 Å². The zero-order valence-corrected chi connectivity index (χ0v) is 13.8. The van der Waals surface area contributed by atoms with Crippen LogP contribution in [0.2, 0.25) is 0 Å². The van der Waals surface area contributed by atoms with Crippen molar-refractivity contribution in [2.24, 2.45) is 0 Å². The van der Waals surface area contributed by atoms with Gasteiger partial charge < -0.3 is 0 Å². The van der Waals surface area contributed by atoms with Crippen LogP contribution < -0.4 is 0 Å². The Balaban J connectivity index is 2.24. The fourth-order valence-corrected chi connectivity index (χ4v) is 2.86. The summed E-state index contributed by atoms with van der Waals surface area (Å²) in [4.78, 5) is 1.88. The van der Waals surface area contributed by atoms with Gasteiger partial charge in [-0.1, -0.05) is 13.0 Å². The number of hydrogen-bond acceptors (Lipinski definition) is 4. The highest BCUT2D eigenvalue weighted by Crippen LogP contribution is 2.27. The summed E-state index contributed by atoms with van der Waals surface area (Å²) in [5, 5.41) is 6.50. The smallest absolute Gasteiger partial charge is 0.148 e. The first kappa shape index (κ1) is 17.6. The molecule has 0 aliphatic carbocycles. The standard InChI is InChI=1S/C15H19F2N3O2S/c1-3-20(7-8-23(2,21)22)10-11-9-18-19-15(11)14-12(16)5-4-6-13(14)17/h4-6,9H,3,7-8,10H2,1-2H3,(H,18,19). The molecule has 0 aliphatic rings. The van der Waals surface area contributed by atoms with E-state index in [4.69, 9.17) is 0 Å². The van der Waals surface area contributed by atoms with E-state index in [2.05, 4.69) is 10.2 Å². The fourth-order valence-electron chi connectivity index (χ4n) is 2.27. The van der Waals surface area contributed by atoms with Crippen LogP contribution in [-0.4, -0.2) is 48.6 Å². The van der Waals surface area contributed by atoms with Crippen LogP contribution in [-0.2, 0) is 16.4 Å². The average Bonchev–Trinajstić information content (AvgIpc) is 2.90. The van der Waals surface area contributed by atoms with E-state index in [0.717, 1.165) is 0 Å². The number of aromatic nitrogens is 2. The molecular weight excluding hydrogens is 324 g/mol. The summed E-state index contributed by atoms with van der Waals surface area (Å²) in [6, 6.07) is 3.67. The zero-order chi connectivity index (χ0) is 17.0. The Kier molecular flexibility index (Phi) is 5.48. The van der Waals surface area contributed by atoms with Gasteiger partial charge in [-0.3, -0.25) is 10.00 Å². The van der Waals surface area contributed by atoms with Gasteiger partial charge in [0.15, 0.2) is 0 Å². The molecule has 0 amide bonds. The van der Waals surface area contributed by atoms with Gasteiger partial charge in [-0.15, -0.1) is 0 Å². The molecule has 0 fully saturated rings. The first-order valence-electron chi connectivity index (χ1n) is 7.18. The summed E-state index contributed by atoms with van der Waals surface area (Å²) >= 11 is 0. The molecule has 0 unspecified atom stereocenters. The van der Waals surface area contributed by atoms with Crippen molar-refractivity contribution >= 4 is 9.84 Å². The van der Waals surface area contributed by atoms with E-state index in [1.807, 2.05) is 11.8 Å². The maximum absolute atomic E-state index is 13.9. The number of sulfone groups is 1. The maximum atomic E-state index is 13.9. The molecule has 1 aromatic heterocycles. The van der Waals surface area contributed by atoms with Crippen LogP contribution >= 0.6 is 0 Å². The number of nitrogens with zero attached hydrogens (tertiary/aromatic N) is 2. The molecule has 1 heterocycles. The molecule has 1 N–H and O–H groups in total. The monoisotopic (exact) mass is 343 g/mol. The molecule has 23 heavy (non-hydrogen) atoms. The van der Waals surface area contributed by atoms with Gasteiger partial charge in [-0.25, -0.2) is 17.2 Å². The second-order valence-electron chi connectivity index (χ2n) is 5.37. The molecular formula is C15H19F2N3O2S. The normalized spacial score (nSPS) is 12.0. The molecule has 2 aromatic rings. The predicted octanol–water partition coefficient (Wildman–Crippen LogP) is 2.22. The number of halogens is 2. The minimum atomic E-state index is -3.07. The number of rotatable bonds is 7. The van der Waals surface area contributed by atoms with Crippen LogP contribution in [0.15, 0.2) is 24.4 Å². The van der Waals surface area contributed by atoms with Crippen molar-refractivity contribution in [3.63, 3.8) is 0 Å². The topological polar surface area (TPSA) is 66.1 Å². The van der Waals surface area contributed by atoms with Gasteiger partial charge in [-0.2, -0.15) is 5.10 Å². The Bertz CT molecular complexity index is 755. The largest absolute Gasteiger partial charge is 0.298 e. The summed E-state index contributed by atoms with van der Waals surface area (Å²) in [6.07, 6.45) is 2.68. The van der Waals surface area contributed by atoms with Gasteiger partial charge in [0.2, 0.25) is 0 Å². The summed E-state index contributed by atoms with van der Waals surface area (Å²) in [7, 11) is -3.07. The van der Waals surface area contributed by atoms with Gasteiger partial charge in [0.1, 0.15) is 21.5 Å².